The van der Waals surface area contributed by atoms with Crippen LogP contribution in [0.15, 0.2) is 82.5 Å². The van der Waals surface area contributed by atoms with Crippen molar-refractivity contribution in [3.8, 4) is 0 Å². The van der Waals surface area contributed by atoms with Crippen LogP contribution < -0.4 is 16.4 Å². The van der Waals surface area contributed by atoms with Crippen LogP contribution in [0.5, 0.6) is 0 Å². The lowest BCUT2D eigenvalue weighted by atomic mass is 10.2. The number of hydrogen-bond acceptors (Lipinski definition) is 10. The summed E-state index contributed by atoms with van der Waals surface area (Å²) in [7, 11) is 0. The van der Waals surface area contributed by atoms with Crippen LogP contribution in [0.25, 0.3) is 33.1 Å². The molecule has 1 aliphatic rings. The molecule has 6 aromatic rings. The van der Waals surface area contributed by atoms with Crippen LogP contribution in [0.4, 0.5) is 9.59 Å². The number of carbonyl (C=O) groups is 4. The largest absolute Gasteiger partial charge is 0.444 e. The van der Waals surface area contributed by atoms with E-state index in [0.717, 1.165) is 62.7 Å². The molecule has 310 valence electrons. The van der Waals surface area contributed by atoms with Crippen molar-refractivity contribution in [2.45, 2.75) is 72.4 Å². The molecule has 7 heterocycles. The predicted octanol–water partition coefficient (Wildman–Crippen LogP) is 8.36. The van der Waals surface area contributed by atoms with E-state index in [-0.39, 0.29) is 24.2 Å². The van der Waals surface area contributed by atoms with Gasteiger partial charge in [0.25, 0.3) is 11.8 Å². The van der Waals surface area contributed by atoms with Gasteiger partial charge in [-0.25, -0.2) is 28.5 Å². The SMILES string of the molecule is CC(C)(C)OC(=O)NCc1ccnc2[nH]cc(Br)c12.CC(C)(C)OC(=O)NCc1ccnc2[nH]ccc12.Cl.NCc1ccnc2[nH]cc(Br)c12.O=C1C=CC(=O)N1Br. The number of rotatable bonds is 5. The van der Waals surface area contributed by atoms with Crippen molar-refractivity contribution >= 4 is 118 Å². The van der Waals surface area contributed by atoms with Gasteiger partial charge in [-0.2, -0.15) is 0 Å². The Hall–Kier alpha value is -4.82. The highest BCUT2D eigenvalue weighted by Gasteiger charge is 2.20. The highest BCUT2D eigenvalue weighted by atomic mass is 79.9. The van der Waals surface area contributed by atoms with Crippen LogP contribution in [-0.2, 0) is 38.7 Å². The zero-order chi connectivity index (χ0) is 41.9. The second kappa shape index (κ2) is 21.3. The van der Waals surface area contributed by atoms with Crippen LogP contribution in [0.2, 0.25) is 0 Å². The number of aromatic amines is 3. The van der Waals surface area contributed by atoms with Crippen LogP contribution >= 0.6 is 60.4 Å². The first-order chi connectivity index (χ1) is 26.9. The number of pyridine rings is 3. The van der Waals surface area contributed by atoms with Crippen molar-refractivity contribution in [2.75, 3.05) is 0 Å². The molecule has 0 aromatic carbocycles. The number of H-pyrrole nitrogens is 3. The van der Waals surface area contributed by atoms with E-state index in [1.807, 2.05) is 84.4 Å². The molecule has 0 radical (unpaired) electrons. The molecule has 20 heteroatoms. The highest BCUT2D eigenvalue weighted by molar-refractivity contribution is 9.11. The van der Waals surface area contributed by atoms with Gasteiger partial charge in [0, 0.05) is 94.1 Å². The molecule has 0 saturated heterocycles. The van der Waals surface area contributed by atoms with Crippen molar-refractivity contribution in [1.29, 1.82) is 0 Å². The number of amides is 4. The predicted molar refractivity (Wildman–Crippen MR) is 235 cm³/mol. The Balaban J connectivity index is 0.000000215. The minimum absolute atomic E-state index is 0. The lowest BCUT2D eigenvalue weighted by molar-refractivity contribution is -0.129. The maximum Gasteiger partial charge on any atom is 0.407 e. The molecule has 0 atom stereocenters. The Morgan fingerprint density at radius 2 is 1.14 bits per heavy atom. The number of aromatic nitrogens is 6. The zero-order valence-electron chi connectivity index (χ0n) is 32.4. The van der Waals surface area contributed by atoms with E-state index in [9.17, 15) is 19.2 Å². The molecular weight excluding hydrogens is 968 g/mol. The van der Waals surface area contributed by atoms with Crippen molar-refractivity contribution in [3.05, 3.63) is 99.2 Å². The number of nitrogens with one attached hydrogen (secondary N) is 5. The smallest absolute Gasteiger partial charge is 0.407 e. The summed E-state index contributed by atoms with van der Waals surface area (Å²) in [4.78, 5) is 65.6. The number of nitrogens with two attached hydrogens (primary N) is 1. The molecule has 1 aliphatic heterocycles. The van der Waals surface area contributed by atoms with E-state index in [4.69, 9.17) is 15.2 Å². The summed E-state index contributed by atoms with van der Waals surface area (Å²) in [5.41, 5.74) is 10.2. The van der Waals surface area contributed by atoms with E-state index < -0.39 is 23.4 Å². The second-order valence-electron chi connectivity index (χ2n) is 14.1. The monoisotopic (exact) mass is 1010 g/mol. The number of ether oxygens (including phenoxy) is 2. The lowest BCUT2D eigenvalue weighted by Gasteiger charge is -2.19. The van der Waals surface area contributed by atoms with E-state index >= 15 is 0 Å². The second-order valence-corrected chi connectivity index (χ2v) is 16.5. The van der Waals surface area contributed by atoms with Gasteiger partial charge in [0.1, 0.15) is 28.1 Å². The van der Waals surface area contributed by atoms with Gasteiger partial charge >= 0.3 is 12.2 Å². The molecule has 0 fully saturated rings. The van der Waals surface area contributed by atoms with Crippen molar-refractivity contribution in [2.24, 2.45) is 5.73 Å². The fourth-order valence-electron chi connectivity index (χ4n) is 5.00. The summed E-state index contributed by atoms with van der Waals surface area (Å²) in [5, 5.41) is 8.54. The van der Waals surface area contributed by atoms with Gasteiger partial charge in [0.15, 0.2) is 0 Å². The van der Waals surface area contributed by atoms with E-state index in [2.05, 4.69) is 88.5 Å². The molecule has 7 N–H and O–H groups in total. The molecule has 0 spiro atoms. The van der Waals surface area contributed by atoms with Crippen molar-refractivity contribution < 1.29 is 28.7 Å². The minimum Gasteiger partial charge on any atom is -0.444 e. The fourth-order valence-corrected chi connectivity index (χ4v) is 6.35. The van der Waals surface area contributed by atoms with Crippen LogP contribution in [0, 0.1) is 0 Å². The molecule has 4 amide bonds. The average Bonchev–Trinajstić information content (AvgIpc) is 3.94. The number of carbonyl (C=O) groups excluding carboxylic acids is 4. The Labute approximate surface area is 365 Å². The molecule has 0 saturated carbocycles. The van der Waals surface area contributed by atoms with Crippen molar-refractivity contribution in [1.82, 2.24) is 44.5 Å². The van der Waals surface area contributed by atoms with Gasteiger partial charge in [-0.15, -0.1) is 12.4 Å². The number of imide groups is 1. The summed E-state index contributed by atoms with van der Waals surface area (Å²) < 4.78 is 13.2. The molecule has 7 rings (SSSR count). The first-order valence-electron chi connectivity index (χ1n) is 17.3. The molecule has 6 aromatic heterocycles. The summed E-state index contributed by atoms with van der Waals surface area (Å²) in [6.45, 7) is 12.4. The number of fused-ring (bicyclic) bond motifs is 3. The number of hydrogen-bond donors (Lipinski definition) is 6. The lowest BCUT2D eigenvalue weighted by Crippen LogP contribution is -2.32. The fraction of sp³-hybridized carbons (Fsp3) is 0.289. The zero-order valence-corrected chi connectivity index (χ0v) is 38.0. The summed E-state index contributed by atoms with van der Waals surface area (Å²) in [6.07, 6.45) is 12.3. The molecule has 0 unspecified atom stereocenters. The van der Waals surface area contributed by atoms with Gasteiger partial charge < -0.3 is 40.8 Å². The summed E-state index contributed by atoms with van der Waals surface area (Å²) in [6, 6.07) is 7.63. The molecule has 16 nitrogen and oxygen atoms in total. The molecule has 0 bridgehead atoms. The summed E-state index contributed by atoms with van der Waals surface area (Å²) in [5.74, 6) is -0.648. The normalized spacial score (nSPS) is 12.1. The molecule has 58 heavy (non-hydrogen) atoms. The third-order valence-corrected chi connectivity index (χ3v) is 9.34. The maximum absolute atomic E-state index is 11.6. The Kier molecular flexibility index (Phi) is 17.4. The quantitative estimate of drug-likeness (QED) is 0.0715. The van der Waals surface area contributed by atoms with Gasteiger partial charge in [0.05, 0.1) is 16.1 Å². The van der Waals surface area contributed by atoms with Gasteiger partial charge in [0.2, 0.25) is 0 Å². The highest BCUT2D eigenvalue weighted by Crippen LogP contribution is 2.26. The minimum atomic E-state index is -0.494. The number of nitrogens with zero attached hydrogens (tertiary/aromatic N) is 4. The maximum atomic E-state index is 11.6. The van der Waals surface area contributed by atoms with Gasteiger partial charge in [-0.3, -0.25) is 9.59 Å². The van der Waals surface area contributed by atoms with Crippen LogP contribution in [0.1, 0.15) is 58.2 Å². The van der Waals surface area contributed by atoms with Crippen LogP contribution in [0.3, 0.4) is 0 Å². The average molecular weight is 1010 g/mol. The topological polar surface area (TPSA) is 226 Å². The van der Waals surface area contributed by atoms with Crippen LogP contribution in [-0.4, -0.2) is 69.0 Å². The van der Waals surface area contributed by atoms with E-state index in [1.165, 1.54) is 12.2 Å². The molecule has 0 aliphatic carbocycles. The Morgan fingerprint density at radius 1 is 0.707 bits per heavy atom. The van der Waals surface area contributed by atoms with Gasteiger partial charge in [-0.1, -0.05) is 0 Å². The van der Waals surface area contributed by atoms with E-state index in [0.29, 0.717) is 19.6 Å². The number of halogens is 4. The molecular formula is C38H44Br3ClN10O6. The summed E-state index contributed by atoms with van der Waals surface area (Å²) >= 11 is 9.63. The first kappa shape index (κ1) is 47.6. The van der Waals surface area contributed by atoms with Gasteiger partial charge in [-0.05, 0) is 114 Å². The third kappa shape index (κ3) is 13.9. The van der Waals surface area contributed by atoms with E-state index in [1.54, 1.807) is 18.6 Å². The number of alkyl carbamates (subject to hydrolysis) is 2. The third-order valence-electron chi connectivity index (χ3n) is 7.39. The first-order valence-corrected chi connectivity index (χ1v) is 19.6. The standard InChI is InChI=1S/C13H16BrN3O2.C13H17N3O2.C8H8BrN3.C4H2BrNO2.ClH/c1-13(2,3)19-12(18)17-6-8-4-5-15-11-10(8)9(14)7-16-11;1-13(2,3)18-12(17)16-8-9-4-6-14-11-10(9)5-7-15-11;9-6-4-12-8-7(6)5(3-10)1-2-11-8;5-6-3(7)1-2-4(6)8;/h4-5,7H,6H2,1-3H3,(H,15,16)(H,17,18);4-7H,8H2,1-3H3,(H,14,15)(H,16,17);1-2,4H,3,10H2,(H,11,12);1-2H;1H. The Bertz CT molecular complexity index is 2370. The Morgan fingerprint density at radius 3 is 1.59 bits per heavy atom. The van der Waals surface area contributed by atoms with Crippen molar-refractivity contribution in [3.63, 3.8) is 0 Å².